The fraction of sp³-hybridized carbons (Fsp3) is 0.909. The Balaban J connectivity index is 3.40. The Morgan fingerprint density at radius 1 is 0.389 bits per heavy atom. The van der Waals surface area contributed by atoms with Gasteiger partial charge in [0.15, 0.2) is 0 Å². The molecule has 1 amide bonds. The molecular formula is C66H127NO5. The third kappa shape index (κ3) is 57.6. The quantitative estimate of drug-likeness (QED) is 0.0320. The number of nitrogens with one attached hydrogen (secondary N) is 1. The first-order chi connectivity index (χ1) is 35.5. The van der Waals surface area contributed by atoms with E-state index in [4.69, 9.17) is 4.74 Å². The molecule has 0 spiro atoms. The molecule has 0 aliphatic rings. The number of carbonyl (C=O) groups excluding carboxylic acids is 2. The Kier molecular flexibility index (Phi) is 60.5. The maximum Gasteiger partial charge on any atom is 0.305 e. The van der Waals surface area contributed by atoms with Gasteiger partial charge in [-0.15, -0.1) is 0 Å². The minimum atomic E-state index is -0.668. The minimum Gasteiger partial charge on any atom is -0.466 e. The van der Waals surface area contributed by atoms with Crippen molar-refractivity contribution in [3.8, 4) is 0 Å². The topological polar surface area (TPSA) is 95.9 Å². The van der Waals surface area contributed by atoms with Crippen LogP contribution >= 0.6 is 0 Å². The van der Waals surface area contributed by atoms with Crippen LogP contribution < -0.4 is 5.32 Å². The average molecular weight is 1010 g/mol. The van der Waals surface area contributed by atoms with Crippen molar-refractivity contribution < 1.29 is 24.5 Å². The van der Waals surface area contributed by atoms with Crippen LogP contribution in [0.1, 0.15) is 361 Å². The van der Waals surface area contributed by atoms with Gasteiger partial charge in [0.2, 0.25) is 5.91 Å². The molecule has 2 atom stereocenters. The van der Waals surface area contributed by atoms with Crippen LogP contribution in [0.25, 0.3) is 0 Å². The zero-order valence-corrected chi connectivity index (χ0v) is 48.7. The van der Waals surface area contributed by atoms with E-state index in [1.54, 1.807) is 0 Å². The van der Waals surface area contributed by atoms with Crippen molar-refractivity contribution in [1.82, 2.24) is 5.32 Å². The molecule has 0 heterocycles. The fourth-order valence-electron chi connectivity index (χ4n) is 10.3. The molecule has 72 heavy (non-hydrogen) atoms. The maximum absolute atomic E-state index is 12.5. The van der Waals surface area contributed by atoms with E-state index in [0.717, 1.165) is 51.4 Å². The van der Waals surface area contributed by atoms with Crippen molar-refractivity contribution in [2.45, 2.75) is 373 Å². The smallest absolute Gasteiger partial charge is 0.305 e. The highest BCUT2D eigenvalue weighted by molar-refractivity contribution is 5.76. The fourth-order valence-corrected chi connectivity index (χ4v) is 10.3. The minimum absolute atomic E-state index is 0.00548. The van der Waals surface area contributed by atoms with Gasteiger partial charge in [-0.05, 0) is 51.4 Å². The number of hydrogen-bond donors (Lipinski definition) is 3. The summed E-state index contributed by atoms with van der Waals surface area (Å²) in [4.78, 5) is 24.6. The van der Waals surface area contributed by atoms with E-state index in [1.807, 2.05) is 0 Å². The lowest BCUT2D eigenvalue weighted by molar-refractivity contribution is -0.143. The second-order valence-corrected chi connectivity index (χ2v) is 22.5. The molecule has 3 N–H and O–H groups in total. The number of ether oxygens (including phenoxy) is 1. The highest BCUT2D eigenvalue weighted by atomic mass is 16.5. The lowest BCUT2D eigenvalue weighted by atomic mass is 10.0. The number of carbonyl (C=O) groups is 2. The van der Waals surface area contributed by atoms with Crippen LogP contribution in [0, 0.1) is 0 Å². The van der Waals surface area contributed by atoms with Crippen LogP contribution in [0.5, 0.6) is 0 Å². The lowest BCUT2D eigenvalue weighted by Crippen LogP contribution is -2.45. The molecule has 0 saturated carbocycles. The van der Waals surface area contributed by atoms with Crippen molar-refractivity contribution in [2.75, 3.05) is 13.2 Å². The number of aliphatic hydroxyl groups is 2. The second kappa shape index (κ2) is 61.9. The van der Waals surface area contributed by atoms with E-state index in [9.17, 15) is 19.8 Å². The van der Waals surface area contributed by atoms with E-state index >= 15 is 0 Å². The zero-order chi connectivity index (χ0) is 52.2. The third-order valence-electron chi connectivity index (χ3n) is 15.2. The molecule has 6 heteroatoms. The van der Waals surface area contributed by atoms with Crippen molar-refractivity contribution in [2.24, 2.45) is 0 Å². The summed E-state index contributed by atoms with van der Waals surface area (Å²) in [6.07, 6.45) is 76.2. The van der Waals surface area contributed by atoms with Crippen molar-refractivity contribution in [3.63, 3.8) is 0 Å². The molecule has 2 unspecified atom stereocenters. The van der Waals surface area contributed by atoms with Gasteiger partial charge in [-0.25, -0.2) is 0 Å². The van der Waals surface area contributed by atoms with Crippen LogP contribution in [-0.2, 0) is 14.3 Å². The van der Waals surface area contributed by atoms with Gasteiger partial charge in [0, 0.05) is 12.8 Å². The number of esters is 1. The number of amides is 1. The predicted octanol–water partition coefficient (Wildman–Crippen LogP) is 20.6. The largest absolute Gasteiger partial charge is 0.466 e. The van der Waals surface area contributed by atoms with Crippen LogP contribution in [0.15, 0.2) is 24.3 Å². The molecule has 0 aromatic heterocycles. The van der Waals surface area contributed by atoms with Gasteiger partial charge in [0.1, 0.15) is 0 Å². The normalized spacial score (nSPS) is 12.7. The number of unbranched alkanes of at least 4 members (excludes halogenated alkanes) is 46. The van der Waals surface area contributed by atoms with E-state index < -0.39 is 12.1 Å². The van der Waals surface area contributed by atoms with Crippen LogP contribution in [0.4, 0.5) is 0 Å². The van der Waals surface area contributed by atoms with Crippen molar-refractivity contribution >= 4 is 11.9 Å². The van der Waals surface area contributed by atoms with E-state index in [0.29, 0.717) is 25.9 Å². The van der Waals surface area contributed by atoms with Crippen LogP contribution in [0.3, 0.4) is 0 Å². The maximum atomic E-state index is 12.5. The molecule has 0 aliphatic carbocycles. The average Bonchev–Trinajstić information content (AvgIpc) is 3.38. The molecule has 0 radical (unpaired) electrons. The highest BCUT2D eigenvalue weighted by Gasteiger charge is 2.20. The van der Waals surface area contributed by atoms with Gasteiger partial charge in [0.25, 0.3) is 0 Å². The number of hydrogen-bond acceptors (Lipinski definition) is 5. The Bertz CT molecular complexity index is 1120. The number of aliphatic hydroxyl groups excluding tert-OH is 2. The molecule has 0 aromatic carbocycles. The summed E-state index contributed by atoms with van der Waals surface area (Å²) in [5, 5.41) is 23.4. The van der Waals surface area contributed by atoms with Gasteiger partial charge in [-0.2, -0.15) is 0 Å². The Labute approximate surface area is 450 Å². The predicted molar refractivity (Wildman–Crippen MR) is 315 cm³/mol. The first-order valence-corrected chi connectivity index (χ1v) is 32.6. The SMILES string of the molecule is CCC/C=C\C/C=C\CCCCCCCC(=O)OCCCCCCCCCCCCCCCCCCCCCC(=O)NC(CO)C(O)CCCCCCCCCCCCCCCCCCCCCCCCC. The van der Waals surface area contributed by atoms with Gasteiger partial charge in [-0.1, -0.05) is 321 Å². The van der Waals surface area contributed by atoms with Crippen molar-refractivity contribution in [1.29, 1.82) is 0 Å². The molecule has 0 saturated heterocycles. The third-order valence-corrected chi connectivity index (χ3v) is 15.2. The van der Waals surface area contributed by atoms with Crippen molar-refractivity contribution in [3.05, 3.63) is 24.3 Å². The Hall–Kier alpha value is -1.66. The Morgan fingerprint density at radius 2 is 0.722 bits per heavy atom. The molecule has 426 valence electrons. The number of allylic oxidation sites excluding steroid dienone is 4. The Morgan fingerprint density at radius 3 is 1.11 bits per heavy atom. The van der Waals surface area contributed by atoms with E-state index in [2.05, 4.69) is 43.5 Å². The molecule has 0 rings (SSSR count). The summed E-state index contributed by atoms with van der Waals surface area (Å²) in [7, 11) is 0. The summed E-state index contributed by atoms with van der Waals surface area (Å²) in [5.41, 5.74) is 0. The first-order valence-electron chi connectivity index (χ1n) is 32.6. The molecular weight excluding hydrogens is 887 g/mol. The summed E-state index contributed by atoms with van der Waals surface area (Å²) < 4.78 is 5.47. The van der Waals surface area contributed by atoms with Gasteiger partial charge < -0.3 is 20.3 Å². The molecule has 0 fully saturated rings. The zero-order valence-electron chi connectivity index (χ0n) is 48.7. The highest BCUT2D eigenvalue weighted by Crippen LogP contribution is 2.19. The van der Waals surface area contributed by atoms with Gasteiger partial charge in [-0.3, -0.25) is 9.59 Å². The lowest BCUT2D eigenvalue weighted by Gasteiger charge is -2.22. The summed E-state index contributed by atoms with van der Waals surface area (Å²) in [6.45, 7) is 4.91. The van der Waals surface area contributed by atoms with Gasteiger partial charge >= 0.3 is 5.97 Å². The first kappa shape index (κ1) is 70.3. The molecule has 0 aliphatic heterocycles. The number of rotatable bonds is 61. The molecule has 6 nitrogen and oxygen atoms in total. The van der Waals surface area contributed by atoms with Gasteiger partial charge in [0.05, 0.1) is 25.4 Å². The summed E-state index contributed by atoms with van der Waals surface area (Å²) in [5.74, 6) is -0.0396. The second-order valence-electron chi connectivity index (χ2n) is 22.5. The molecule has 0 bridgehead atoms. The van der Waals surface area contributed by atoms with Crippen LogP contribution in [-0.4, -0.2) is 47.4 Å². The summed E-state index contributed by atoms with van der Waals surface area (Å²) >= 11 is 0. The monoisotopic (exact) mass is 1010 g/mol. The standard InChI is InChI=1S/C66H127NO5/c1-3-5-7-9-11-13-15-17-18-19-20-21-22-23-25-28-31-35-38-42-46-50-54-58-64(69)63(62-68)67-65(70)59-55-51-47-43-39-36-32-29-26-24-27-30-33-37-41-45-49-53-57-61-72-66(71)60-56-52-48-44-40-34-16-14-12-10-8-6-4-2/h8,10,14,16,63-64,68-69H,3-7,9,11-13,15,17-62H2,1-2H3,(H,67,70)/b10-8-,16-14-. The summed E-state index contributed by atoms with van der Waals surface area (Å²) in [6, 6.07) is -0.545. The molecule has 0 aromatic rings. The van der Waals surface area contributed by atoms with E-state index in [-0.39, 0.29) is 18.5 Å². The van der Waals surface area contributed by atoms with E-state index in [1.165, 1.54) is 276 Å². The van der Waals surface area contributed by atoms with Crippen LogP contribution in [0.2, 0.25) is 0 Å².